The Morgan fingerprint density at radius 1 is 1.33 bits per heavy atom. The van der Waals surface area contributed by atoms with Gasteiger partial charge < -0.3 is 30.9 Å². The lowest BCUT2D eigenvalue weighted by molar-refractivity contribution is -0.159. The number of amides is 4. The van der Waals surface area contributed by atoms with Crippen LogP contribution in [0.2, 0.25) is 0 Å². The lowest BCUT2D eigenvalue weighted by atomic mass is 9.78. The SMILES string of the molecule is CC(NC(=O)C(F)F)[C@H]1C(=O)N2C(C(=O)O)=C(S[C@@H]3CN[C@H](CNC(=O)N(C)C)C3)[C@H](C)[C@H]12. The average molecular weight is 490 g/mol. The number of nitrogens with zero attached hydrogens (tertiary/aromatic N) is 2. The van der Waals surface area contributed by atoms with Gasteiger partial charge in [-0.1, -0.05) is 6.92 Å². The van der Waals surface area contributed by atoms with E-state index in [1.165, 1.54) is 28.5 Å². The van der Waals surface area contributed by atoms with Crippen LogP contribution in [0, 0.1) is 11.8 Å². The molecule has 0 bridgehead atoms. The van der Waals surface area contributed by atoms with Crippen molar-refractivity contribution < 1.29 is 33.1 Å². The van der Waals surface area contributed by atoms with Crippen LogP contribution in [0.25, 0.3) is 0 Å². The number of aliphatic carboxylic acids is 1. The highest BCUT2D eigenvalue weighted by Crippen LogP contribution is 2.51. The molecule has 2 saturated heterocycles. The van der Waals surface area contributed by atoms with Crippen LogP contribution in [0.15, 0.2) is 10.6 Å². The highest BCUT2D eigenvalue weighted by Gasteiger charge is 2.60. The summed E-state index contributed by atoms with van der Waals surface area (Å²) >= 11 is 1.40. The molecule has 1 unspecified atom stereocenters. The fourth-order valence-electron chi connectivity index (χ4n) is 4.65. The van der Waals surface area contributed by atoms with Crippen molar-refractivity contribution in [2.75, 3.05) is 27.2 Å². The largest absolute Gasteiger partial charge is 0.477 e. The van der Waals surface area contributed by atoms with Crippen LogP contribution in [0.5, 0.6) is 0 Å². The van der Waals surface area contributed by atoms with Crippen molar-refractivity contribution in [3.63, 3.8) is 0 Å². The number of thioether (sulfide) groups is 1. The van der Waals surface area contributed by atoms with Gasteiger partial charge in [0.05, 0.1) is 12.0 Å². The van der Waals surface area contributed by atoms with E-state index in [2.05, 4.69) is 16.0 Å². The number of hydrogen-bond acceptors (Lipinski definition) is 6. The Labute approximate surface area is 194 Å². The molecule has 0 aromatic rings. The van der Waals surface area contributed by atoms with E-state index in [0.717, 1.165) is 0 Å². The van der Waals surface area contributed by atoms with Crippen LogP contribution < -0.4 is 16.0 Å². The molecule has 2 fully saturated rings. The lowest BCUT2D eigenvalue weighted by Crippen LogP contribution is -2.66. The van der Waals surface area contributed by atoms with Crippen molar-refractivity contribution in [2.24, 2.45) is 11.8 Å². The van der Waals surface area contributed by atoms with E-state index >= 15 is 0 Å². The molecular formula is C20H29F2N5O5S. The van der Waals surface area contributed by atoms with Crippen LogP contribution >= 0.6 is 11.8 Å². The molecule has 6 atom stereocenters. The smallest absolute Gasteiger partial charge is 0.353 e. The van der Waals surface area contributed by atoms with Gasteiger partial charge in [-0.3, -0.25) is 9.59 Å². The van der Waals surface area contributed by atoms with E-state index in [9.17, 15) is 33.1 Å². The third-order valence-electron chi connectivity index (χ3n) is 6.28. The number of carboxylic acid groups (broad SMARTS) is 1. The highest BCUT2D eigenvalue weighted by atomic mass is 32.2. The van der Waals surface area contributed by atoms with Gasteiger partial charge in [-0.15, -0.1) is 11.8 Å². The molecule has 4 amide bonds. The van der Waals surface area contributed by atoms with Crippen molar-refractivity contribution in [1.29, 1.82) is 0 Å². The lowest BCUT2D eigenvalue weighted by Gasteiger charge is -2.47. The summed E-state index contributed by atoms with van der Waals surface area (Å²) in [5.41, 5.74) is -0.0736. The molecule has 3 aliphatic rings. The summed E-state index contributed by atoms with van der Waals surface area (Å²) < 4.78 is 25.2. The third kappa shape index (κ3) is 4.93. The van der Waals surface area contributed by atoms with Gasteiger partial charge in [0.1, 0.15) is 5.70 Å². The minimum atomic E-state index is -3.19. The van der Waals surface area contributed by atoms with Crippen LogP contribution in [0.4, 0.5) is 13.6 Å². The molecule has 0 radical (unpaired) electrons. The van der Waals surface area contributed by atoms with Crippen molar-refractivity contribution in [2.45, 2.75) is 50.1 Å². The number of halogens is 2. The molecule has 3 rings (SSSR count). The number of β-lactam (4-membered cyclic amide) rings is 1. The fraction of sp³-hybridized carbons (Fsp3) is 0.700. The first-order valence-corrected chi connectivity index (χ1v) is 11.6. The molecule has 0 aliphatic carbocycles. The fourth-order valence-corrected chi connectivity index (χ4v) is 6.17. The summed E-state index contributed by atoms with van der Waals surface area (Å²) in [6, 6.07) is -1.52. The van der Waals surface area contributed by atoms with Gasteiger partial charge in [0, 0.05) is 55.3 Å². The van der Waals surface area contributed by atoms with Crippen molar-refractivity contribution in [1.82, 2.24) is 25.8 Å². The summed E-state index contributed by atoms with van der Waals surface area (Å²) in [7, 11) is 3.30. The summed E-state index contributed by atoms with van der Waals surface area (Å²) in [6.07, 6.45) is -2.49. The predicted octanol–water partition coefficient (Wildman–Crippen LogP) is 0.264. The first-order chi connectivity index (χ1) is 15.4. The molecule has 33 heavy (non-hydrogen) atoms. The molecule has 13 heteroatoms. The van der Waals surface area contributed by atoms with Gasteiger partial charge >= 0.3 is 18.4 Å². The first kappa shape index (κ1) is 25.2. The maximum atomic E-state index is 12.8. The van der Waals surface area contributed by atoms with Crippen LogP contribution in [0.1, 0.15) is 20.3 Å². The van der Waals surface area contributed by atoms with E-state index in [-0.39, 0.29) is 28.9 Å². The standard InChI is InChI=1S/C20H29F2N5O5S/c1-8-13-12(9(2)25-17(28)16(21)22)18(29)27(13)14(19(30)31)15(8)33-11-5-10(23-7-11)6-24-20(32)26(3)4/h8-13,16,23H,5-7H2,1-4H3,(H,24,32)(H,25,28)(H,30,31)/t8-,9?,10+,11+,12-,13-/m1/s1. The number of alkyl halides is 2. The number of fused-ring (bicyclic) bond motifs is 1. The Balaban J connectivity index is 1.67. The second-order valence-corrected chi connectivity index (χ2v) is 10.1. The molecule has 0 aromatic heterocycles. The Hall–Kier alpha value is -2.41. The molecule has 10 nitrogen and oxygen atoms in total. The molecular weight excluding hydrogens is 460 g/mol. The van der Waals surface area contributed by atoms with Gasteiger partial charge in [-0.25, -0.2) is 9.59 Å². The van der Waals surface area contributed by atoms with E-state index < -0.39 is 42.2 Å². The topological polar surface area (TPSA) is 131 Å². The second-order valence-electron chi connectivity index (χ2n) is 8.79. The van der Waals surface area contributed by atoms with Crippen LogP contribution in [-0.2, 0) is 14.4 Å². The zero-order valence-corrected chi connectivity index (χ0v) is 19.6. The van der Waals surface area contributed by atoms with Crippen LogP contribution in [0.3, 0.4) is 0 Å². The Morgan fingerprint density at radius 3 is 2.58 bits per heavy atom. The number of rotatable bonds is 8. The first-order valence-electron chi connectivity index (χ1n) is 10.7. The quantitative estimate of drug-likeness (QED) is 0.360. The summed E-state index contributed by atoms with van der Waals surface area (Å²) in [6.45, 7) is 4.34. The van der Waals surface area contributed by atoms with Gasteiger partial charge in [-0.05, 0) is 13.3 Å². The van der Waals surface area contributed by atoms with Crippen LogP contribution in [-0.4, -0.2) is 95.7 Å². The predicted molar refractivity (Wildman–Crippen MR) is 116 cm³/mol. The number of urea groups is 1. The number of hydrogen-bond donors (Lipinski definition) is 4. The highest BCUT2D eigenvalue weighted by molar-refractivity contribution is 8.03. The van der Waals surface area contributed by atoms with E-state index in [4.69, 9.17) is 0 Å². The molecule has 4 N–H and O–H groups in total. The summed E-state index contributed by atoms with van der Waals surface area (Å²) in [5.74, 6) is -4.25. The number of carbonyl (C=O) groups is 4. The van der Waals surface area contributed by atoms with Crippen molar-refractivity contribution >= 4 is 35.6 Å². The zero-order valence-electron chi connectivity index (χ0n) is 18.8. The molecule has 0 saturated carbocycles. The number of carboxylic acids is 1. The Bertz CT molecular complexity index is 870. The van der Waals surface area contributed by atoms with E-state index in [1.54, 1.807) is 14.1 Å². The third-order valence-corrected chi connectivity index (χ3v) is 7.79. The number of carbonyl (C=O) groups excluding carboxylic acids is 3. The maximum absolute atomic E-state index is 12.8. The second kappa shape index (κ2) is 9.84. The number of nitrogens with one attached hydrogen (secondary N) is 3. The molecule has 0 aromatic carbocycles. The average Bonchev–Trinajstić information content (AvgIpc) is 3.27. The van der Waals surface area contributed by atoms with E-state index in [0.29, 0.717) is 24.4 Å². The minimum Gasteiger partial charge on any atom is -0.477 e. The van der Waals surface area contributed by atoms with Crippen molar-refractivity contribution in [3.8, 4) is 0 Å². The Morgan fingerprint density at radius 2 is 2.00 bits per heavy atom. The molecule has 3 heterocycles. The van der Waals surface area contributed by atoms with Crippen molar-refractivity contribution in [3.05, 3.63) is 10.6 Å². The molecule has 184 valence electrons. The van der Waals surface area contributed by atoms with Gasteiger partial charge in [0.15, 0.2) is 0 Å². The normalized spacial score (nSPS) is 29.6. The molecule has 0 spiro atoms. The summed E-state index contributed by atoms with van der Waals surface area (Å²) in [5, 5.41) is 18.1. The maximum Gasteiger partial charge on any atom is 0.353 e. The zero-order chi connectivity index (χ0) is 24.6. The van der Waals surface area contributed by atoms with Gasteiger partial charge in [-0.2, -0.15) is 8.78 Å². The Kier molecular flexibility index (Phi) is 7.52. The monoisotopic (exact) mass is 489 g/mol. The molecule has 3 aliphatic heterocycles. The van der Waals surface area contributed by atoms with Gasteiger partial charge in [0.25, 0.3) is 5.91 Å². The van der Waals surface area contributed by atoms with Gasteiger partial charge in [0.2, 0.25) is 5.91 Å². The summed E-state index contributed by atoms with van der Waals surface area (Å²) in [4.78, 5) is 51.1. The van der Waals surface area contributed by atoms with E-state index in [1.807, 2.05) is 6.92 Å². The minimum absolute atomic E-state index is 0.0352.